The summed E-state index contributed by atoms with van der Waals surface area (Å²) in [5.74, 6) is 1.78. The highest BCUT2D eigenvalue weighted by Crippen LogP contribution is 2.42. The van der Waals surface area contributed by atoms with Crippen molar-refractivity contribution in [3.05, 3.63) is 99.6 Å². The number of nitro benzene ring substituents is 1. The molecule has 0 radical (unpaired) electrons. The van der Waals surface area contributed by atoms with Crippen LogP contribution in [0, 0.1) is 16.0 Å². The van der Waals surface area contributed by atoms with Crippen LogP contribution in [0.5, 0.6) is 11.5 Å². The molecule has 2 heterocycles. The first-order valence-corrected chi connectivity index (χ1v) is 11.9. The number of methoxy groups -OCH3 is 2. The summed E-state index contributed by atoms with van der Waals surface area (Å²) in [6.07, 6.45) is 2.21. The smallest absolute Gasteiger partial charge is 0.269 e. The van der Waals surface area contributed by atoms with E-state index in [2.05, 4.69) is 37.4 Å². The molecule has 37 heavy (non-hydrogen) atoms. The summed E-state index contributed by atoms with van der Waals surface area (Å²) in [6.45, 7) is 1.80. The van der Waals surface area contributed by atoms with Gasteiger partial charge in [0.2, 0.25) is 0 Å². The molecule has 3 atom stereocenters. The van der Waals surface area contributed by atoms with E-state index in [9.17, 15) is 10.1 Å². The van der Waals surface area contributed by atoms with Crippen LogP contribution in [0.3, 0.4) is 0 Å². The van der Waals surface area contributed by atoms with Crippen LogP contribution in [-0.4, -0.2) is 45.0 Å². The van der Waals surface area contributed by atoms with Gasteiger partial charge in [0, 0.05) is 17.7 Å². The molecule has 0 bridgehead atoms. The summed E-state index contributed by atoms with van der Waals surface area (Å²) >= 11 is 0. The monoisotopic (exact) mass is 520 g/mol. The number of likely N-dealkylation sites (tertiary alicyclic amines) is 1. The van der Waals surface area contributed by atoms with E-state index in [4.69, 9.17) is 14.6 Å². The first kappa shape index (κ1) is 26.2. The Morgan fingerprint density at radius 3 is 2.14 bits per heavy atom. The minimum atomic E-state index is -0.381. The normalized spacial score (nSPS) is 21.6. The third-order valence-corrected chi connectivity index (χ3v) is 6.84. The van der Waals surface area contributed by atoms with Gasteiger partial charge in [-0.05, 0) is 53.6 Å². The number of hydrogen-bond donors (Lipinski definition) is 1. The molecule has 192 valence electrons. The van der Waals surface area contributed by atoms with Crippen LogP contribution in [0.1, 0.15) is 17.2 Å². The largest absolute Gasteiger partial charge is 1.00 e. The number of nitrogens with zero attached hydrogens (tertiary/aromatic N) is 3. The summed E-state index contributed by atoms with van der Waals surface area (Å²) in [5.41, 5.74) is 5.36. The minimum Gasteiger partial charge on any atom is -1.00 e. The summed E-state index contributed by atoms with van der Waals surface area (Å²) in [4.78, 5) is 12.2. The summed E-state index contributed by atoms with van der Waals surface area (Å²) < 4.78 is 10.7. The number of piperidine rings is 1. The van der Waals surface area contributed by atoms with Gasteiger partial charge in [0.15, 0.2) is 0 Å². The van der Waals surface area contributed by atoms with E-state index in [1.165, 1.54) is 22.6 Å². The van der Waals surface area contributed by atoms with Crippen LogP contribution >= 0.6 is 0 Å². The van der Waals surface area contributed by atoms with Crippen molar-refractivity contribution in [1.29, 1.82) is 0 Å². The van der Waals surface area contributed by atoms with Gasteiger partial charge in [-0.3, -0.25) is 15.1 Å². The average Bonchev–Trinajstić information content (AvgIpc) is 3.28. The van der Waals surface area contributed by atoms with Crippen molar-refractivity contribution in [1.82, 2.24) is 0 Å². The van der Waals surface area contributed by atoms with E-state index >= 15 is 0 Å². The predicted octanol–water partition coefficient (Wildman–Crippen LogP) is 0.761. The number of rotatable bonds is 6. The van der Waals surface area contributed by atoms with Crippen LogP contribution in [-0.2, 0) is 0 Å². The molecule has 1 saturated heterocycles. The molecule has 5 rings (SSSR count). The molecule has 2 aliphatic rings. The summed E-state index contributed by atoms with van der Waals surface area (Å²) in [6, 6.07) is 22.7. The van der Waals surface area contributed by atoms with E-state index in [1.807, 2.05) is 29.3 Å². The Morgan fingerprint density at radius 2 is 1.57 bits per heavy atom. The third kappa shape index (κ3) is 5.30. The average molecular weight is 521 g/mol. The van der Waals surface area contributed by atoms with Gasteiger partial charge in [-0.1, -0.05) is 24.3 Å². The standard InChI is InChI=1S/C28H28N4O4.ClH/c1-30-17-21(16-19-4-12-24(35-2)13-5-19)27-26(18-30)28(20-6-14-25(36-3)15-7-20)31(29-27)22-8-10-23(11-9-22)32(33)34;/h4-16,26,28H,17-18H2,1-3H3;1H. The molecule has 3 aromatic rings. The molecule has 1 N–H and O–H groups in total. The van der Waals surface area contributed by atoms with Crippen molar-refractivity contribution < 1.29 is 31.7 Å². The summed E-state index contributed by atoms with van der Waals surface area (Å²) in [7, 11) is 5.53. The van der Waals surface area contributed by atoms with Crippen molar-refractivity contribution in [3.8, 4) is 11.5 Å². The quantitative estimate of drug-likeness (QED) is 0.383. The number of nitrogens with one attached hydrogen (secondary N) is 1. The Balaban J connectivity index is 0.00000320. The van der Waals surface area contributed by atoms with Gasteiger partial charge >= 0.3 is 0 Å². The number of nitro groups is 1. The van der Waals surface area contributed by atoms with Gasteiger partial charge in [-0.2, -0.15) is 5.10 Å². The molecule has 0 aliphatic carbocycles. The van der Waals surface area contributed by atoms with Gasteiger partial charge in [-0.25, -0.2) is 0 Å². The lowest BCUT2D eigenvalue weighted by atomic mass is 9.83. The molecule has 0 amide bonds. The van der Waals surface area contributed by atoms with Crippen LogP contribution in [0.25, 0.3) is 6.08 Å². The number of hydrazone groups is 1. The number of benzene rings is 3. The molecule has 3 aromatic carbocycles. The molecule has 1 fully saturated rings. The number of ether oxygens (including phenoxy) is 2. The Hall–Kier alpha value is -3.88. The number of halogens is 1. The fourth-order valence-corrected chi connectivity index (χ4v) is 5.09. The first-order chi connectivity index (χ1) is 17.5. The lowest BCUT2D eigenvalue weighted by molar-refractivity contribution is -0.878. The maximum absolute atomic E-state index is 11.2. The molecule has 8 nitrogen and oxygen atoms in total. The highest BCUT2D eigenvalue weighted by Gasteiger charge is 2.45. The Bertz CT molecular complexity index is 1310. The zero-order chi connectivity index (χ0) is 25.2. The second kappa shape index (κ2) is 11.0. The first-order valence-electron chi connectivity index (χ1n) is 11.9. The van der Waals surface area contributed by atoms with Crippen LogP contribution in [0.2, 0.25) is 0 Å². The molecular weight excluding hydrogens is 492 g/mol. The maximum Gasteiger partial charge on any atom is 0.269 e. The van der Waals surface area contributed by atoms with E-state index < -0.39 is 0 Å². The van der Waals surface area contributed by atoms with Gasteiger partial charge in [0.25, 0.3) is 5.69 Å². The topological polar surface area (TPSA) is 81.6 Å². The van der Waals surface area contributed by atoms with E-state index in [0.717, 1.165) is 47.1 Å². The highest BCUT2D eigenvalue weighted by molar-refractivity contribution is 6.08. The summed E-state index contributed by atoms with van der Waals surface area (Å²) in [5, 5.41) is 18.4. The van der Waals surface area contributed by atoms with Crippen LogP contribution < -0.4 is 31.8 Å². The Labute approximate surface area is 222 Å². The number of non-ortho nitro benzene ring substituents is 1. The molecule has 2 aliphatic heterocycles. The highest BCUT2D eigenvalue weighted by atomic mass is 35.5. The fraction of sp³-hybridized carbons (Fsp3) is 0.250. The van der Waals surface area contributed by atoms with Gasteiger partial charge in [-0.15, -0.1) is 0 Å². The van der Waals surface area contributed by atoms with E-state index in [1.54, 1.807) is 26.4 Å². The van der Waals surface area contributed by atoms with Gasteiger partial charge in [0.05, 0.1) is 56.1 Å². The molecule has 9 heteroatoms. The Morgan fingerprint density at radius 1 is 0.973 bits per heavy atom. The van der Waals surface area contributed by atoms with Gasteiger partial charge < -0.3 is 26.8 Å². The zero-order valence-electron chi connectivity index (χ0n) is 20.9. The van der Waals surface area contributed by atoms with Crippen molar-refractivity contribution in [2.75, 3.05) is 39.4 Å². The minimum absolute atomic E-state index is 0. The van der Waals surface area contributed by atoms with E-state index in [-0.39, 0.29) is 35.0 Å². The molecular formula is C28H29ClN4O4. The molecule has 0 aromatic heterocycles. The second-order valence-corrected chi connectivity index (χ2v) is 9.21. The zero-order valence-corrected chi connectivity index (χ0v) is 21.7. The van der Waals surface area contributed by atoms with E-state index in [0.29, 0.717) is 0 Å². The molecule has 3 unspecified atom stereocenters. The number of hydrogen-bond acceptors (Lipinski definition) is 6. The number of anilines is 1. The van der Waals surface area contributed by atoms with Crippen LogP contribution in [0.4, 0.5) is 11.4 Å². The number of likely N-dealkylation sites (N-methyl/N-ethyl adjacent to an activating group) is 1. The Kier molecular flexibility index (Phi) is 7.80. The molecule has 0 spiro atoms. The SMILES string of the molecule is COc1ccc(C=C2C[NH+](C)CC3C2=NN(c2ccc([N+](=O)[O-])cc2)C3c2ccc(OC)cc2)cc1.[Cl-]. The van der Waals surface area contributed by atoms with Crippen molar-refractivity contribution in [3.63, 3.8) is 0 Å². The van der Waals surface area contributed by atoms with Crippen molar-refractivity contribution >= 4 is 23.2 Å². The van der Waals surface area contributed by atoms with Gasteiger partial charge in [0.1, 0.15) is 18.0 Å². The third-order valence-electron chi connectivity index (χ3n) is 6.84. The second-order valence-electron chi connectivity index (χ2n) is 9.21. The molecule has 0 saturated carbocycles. The van der Waals surface area contributed by atoms with Crippen LogP contribution in [0.15, 0.2) is 83.5 Å². The van der Waals surface area contributed by atoms with Crippen molar-refractivity contribution in [2.24, 2.45) is 11.0 Å². The maximum atomic E-state index is 11.2. The lowest BCUT2D eigenvalue weighted by Gasteiger charge is -2.32. The number of quaternary nitrogens is 1. The predicted molar refractivity (Wildman–Crippen MR) is 140 cm³/mol. The number of fused-ring (bicyclic) bond motifs is 1. The lowest BCUT2D eigenvalue weighted by Crippen LogP contribution is -3.11. The van der Waals surface area contributed by atoms with Crippen molar-refractivity contribution in [2.45, 2.75) is 6.04 Å². The fourth-order valence-electron chi connectivity index (χ4n) is 5.09.